The van der Waals surface area contributed by atoms with E-state index < -0.39 is 11.2 Å². The van der Waals surface area contributed by atoms with Crippen LogP contribution in [0.4, 0.5) is 0 Å². The minimum Gasteiger partial charge on any atom is -0.493 e. The van der Waals surface area contributed by atoms with Crippen LogP contribution in [0.25, 0.3) is 10.9 Å². The van der Waals surface area contributed by atoms with Crippen LogP contribution in [0.5, 0.6) is 11.5 Å². The predicted molar refractivity (Wildman–Crippen MR) is 91.4 cm³/mol. The fraction of sp³-hybridized carbons (Fsp3) is 0.438. The van der Waals surface area contributed by atoms with Gasteiger partial charge in [0, 0.05) is 32.7 Å². The molecule has 1 heterocycles. The van der Waals surface area contributed by atoms with Gasteiger partial charge in [0.15, 0.2) is 11.5 Å². The van der Waals surface area contributed by atoms with Crippen LogP contribution in [0.2, 0.25) is 0 Å². The van der Waals surface area contributed by atoms with E-state index >= 15 is 0 Å². The molecule has 2 rings (SSSR count). The van der Waals surface area contributed by atoms with Crippen molar-refractivity contribution in [1.82, 2.24) is 14.9 Å². The second-order valence-corrected chi connectivity index (χ2v) is 5.23. The average molecular weight is 351 g/mol. The summed E-state index contributed by atoms with van der Waals surface area (Å²) >= 11 is 0. The number of carbonyl (C=O) groups is 1. The van der Waals surface area contributed by atoms with E-state index in [0.29, 0.717) is 30.2 Å². The molecule has 0 aliphatic heterocycles. The SMILES string of the molecule is COCCNC(=O)CCn1c(=O)[nH]c2cc(OC)c(OC)cc2c1=O. The van der Waals surface area contributed by atoms with Crippen LogP contribution in [0.3, 0.4) is 0 Å². The number of fused-ring (bicyclic) bond motifs is 1. The third kappa shape index (κ3) is 4.18. The molecule has 1 aromatic heterocycles. The van der Waals surface area contributed by atoms with E-state index in [1.54, 1.807) is 0 Å². The van der Waals surface area contributed by atoms with Gasteiger partial charge in [0.2, 0.25) is 5.91 Å². The summed E-state index contributed by atoms with van der Waals surface area (Å²) in [5.74, 6) is 0.513. The van der Waals surface area contributed by atoms with Crippen molar-refractivity contribution in [2.24, 2.45) is 0 Å². The minimum absolute atomic E-state index is 0.00545. The molecule has 0 aliphatic carbocycles. The van der Waals surface area contributed by atoms with Crippen LogP contribution in [-0.4, -0.2) is 49.9 Å². The van der Waals surface area contributed by atoms with Gasteiger partial charge in [-0.25, -0.2) is 4.79 Å². The second-order valence-electron chi connectivity index (χ2n) is 5.23. The fourth-order valence-corrected chi connectivity index (χ4v) is 2.38. The van der Waals surface area contributed by atoms with E-state index in [1.165, 1.54) is 33.5 Å². The molecular formula is C16H21N3O6. The van der Waals surface area contributed by atoms with Gasteiger partial charge in [-0.1, -0.05) is 0 Å². The first-order chi connectivity index (χ1) is 12.0. The minimum atomic E-state index is -0.589. The largest absolute Gasteiger partial charge is 0.493 e. The Balaban J connectivity index is 2.30. The lowest BCUT2D eigenvalue weighted by Gasteiger charge is -2.11. The Hall–Kier alpha value is -2.81. The molecule has 9 nitrogen and oxygen atoms in total. The van der Waals surface area contributed by atoms with Crippen molar-refractivity contribution in [3.63, 3.8) is 0 Å². The van der Waals surface area contributed by atoms with E-state index in [4.69, 9.17) is 14.2 Å². The summed E-state index contributed by atoms with van der Waals surface area (Å²) in [6, 6.07) is 3.03. The van der Waals surface area contributed by atoms with Crippen molar-refractivity contribution in [3.8, 4) is 11.5 Å². The highest BCUT2D eigenvalue weighted by atomic mass is 16.5. The van der Waals surface area contributed by atoms with Crippen molar-refractivity contribution < 1.29 is 19.0 Å². The van der Waals surface area contributed by atoms with Crippen LogP contribution < -0.4 is 26.0 Å². The molecule has 0 aliphatic rings. The number of nitrogens with one attached hydrogen (secondary N) is 2. The summed E-state index contributed by atoms with van der Waals surface area (Å²) < 4.78 is 16.2. The van der Waals surface area contributed by atoms with Gasteiger partial charge in [-0.15, -0.1) is 0 Å². The van der Waals surface area contributed by atoms with Gasteiger partial charge < -0.3 is 24.5 Å². The van der Waals surface area contributed by atoms with Crippen LogP contribution in [0, 0.1) is 0 Å². The Morgan fingerprint density at radius 2 is 1.84 bits per heavy atom. The molecule has 0 saturated carbocycles. The number of methoxy groups -OCH3 is 3. The predicted octanol–water partition coefficient (Wildman–Crippen LogP) is -0.140. The summed E-state index contributed by atoms with van der Waals surface area (Å²) in [5.41, 5.74) is -0.743. The maximum Gasteiger partial charge on any atom is 0.328 e. The van der Waals surface area contributed by atoms with Gasteiger partial charge in [-0.05, 0) is 6.07 Å². The molecule has 2 aromatic rings. The van der Waals surface area contributed by atoms with Gasteiger partial charge in [-0.3, -0.25) is 14.2 Å². The van der Waals surface area contributed by atoms with E-state index in [9.17, 15) is 14.4 Å². The molecule has 25 heavy (non-hydrogen) atoms. The maximum absolute atomic E-state index is 12.6. The number of benzene rings is 1. The number of hydrogen-bond donors (Lipinski definition) is 2. The Morgan fingerprint density at radius 3 is 2.48 bits per heavy atom. The molecule has 1 aromatic carbocycles. The Morgan fingerprint density at radius 1 is 1.16 bits per heavy atom. The summed E-state index contributed by atoms with van der Waals surface area (Å²) in [7, 11) is 4.45. The van der Waals surface area contributed by atoms with E-state index in [1.807, 2.05) is 0 Å². The molecular weight excluding hydrogens is 330 g/mol. The Bertz CT molecular complexity index is 871. The van der Waals surface area contributed by atoms with Gasteiger partial charge in [0.25, 0.3) is 5.56 Å². The first-order valence-electron chi connectivity index (χ1n) is 7.66. The molecule has 1 amide bonds. The number of carbonyl (C=O) groups excluding carboxylic acids is 1. The topological polar surface area (TPSA) is 112 Å². The van der Waals surface area contributed by atoms with Crippen molar-refractivity contribution in [3.05, 3.63) is 33.0 Å². The average Bonchev–Trinajstić information content (AvgIpc) is 2.60. The normalized spacial score (nSPS) is 10.7. The third-order valence-electron chi connectivity index (χ3n) is 3.68. The quantitative estimate of drug-likeness (QED) is 0.640. The summed E-state index contributed by atoms with van der Waals surface area (Å²) in [5, 5.41) is 2.91. The number of H-pyrrole nitrogens is 1. The van der Waals surface area contributed by atoms with E-state index in [0.717, 1.165) is 4.57 Å². The van der Waals surface area contributed by atoms with Crippen molar-refractivity contribution >= 4 is 16.8 Å². The maximum atomic E-state index is 12.6. The highest BCUT2D eigenvalue weighted by Gasteiger charge is 2.13. The van der Waals surface area contributed by atoms with Gasteiger partial charge >= 0.3 is 5.69 Å². The first kappa shape index (κ1) is 18.5. The second kappa shape index (κ2) is 8.34. The van der Waals surface area contributed by atoms with Crippen molar-refractivity contribution in [1.29, 1.82) is 0 Å². The van der Waals surface area contributed by atoms with E-state index in [2.05, 4.69) is 10.3 Å². The summed E-state index contributed by atoms with van der Waals surface area (Å²) in [6.45, 7) is 0.733. The Labute approximate surface area is 143 Å². The highest BCUT2D eigenvalue weighted by Crippen LogP contribution is 2.29. The molecule has 9 heteroatoms. The van der Waals surface area contributed by atoms with Crippen LogP contribution in [-0.2, 0) is 16.1 Å². The molecule has 0 unspecified atom stereocenters. The number of amides is 1. The van der Waals surface area contributed by atoms with Crippen LogP contribution in [0.15, 0.2) is 21.7 Å². The number of hydrogen-bond acceptors (Lipinski definition) is 6. The zero-order valence-corrected chi connectivity index (χ0v) is 14.4. The molecule has 0 bridgehead atoms. The molecule has 2 N–H and O–H groups in total. The molecule has 0 spiro atoms. The smallest absolute Gasteiger partial charge is 0.328 e. The van der Waals surface area contributed by atoms with Gasteiger partial charge in [0.05, 0.1) is 31.7 Å². The summed E-state index contributed by atoms with van der Waals surface area (Å²) in [6.07, 6.45) is 0.00545. The van der Waals surface area contributed by atoms with E-state index in [-0.39, 0.29) is 24.3 Å². The standard InChI is InChI=1S/C16H21N3O6/c1-23-7-5-17-14(20)4-6-19-15(21)10-8-12(24-2)13(25-3)9-11(10)18-16(19)22/h8-9H,4-7H2,1-3H3,(H,17,20)(H,18,22). The summed E-state index contributed by atoms with van der Waals surface area (Å²) in [4.78, 5) is 39.1. The number of aromatic nitrogens is 2. The molecule has 0 atom stereocenters. The van der Waals surface area contributed by atoms with Gasteiger partial charge in [-0.2, -0.15) is 0 Å². The van der Waals surface area contributed by atoms with Crippen LogP contribution in [0.1, 0.15) is 6.42 Å². The van der Waals surface area contributed by atoms with Crippen LogP contribution >= 0.6 is 0 Å². The molecule has 0 radical (unpaired) electrons. The zero-order chi connectivity index (χ0) is 18.4. The first-order valence-corrected chi connectivity index (χ1v) is 7.66. The monoisotopic (exact) mass is 351 g/mol. The number of nitrogens with zero attached hydrogens (tertiary/aromatic N) is 1. The third-order valence-corrected chi connectivity index (χ3v) is 3.68. The lowest BCUT2D eigenvalue weighted by Crippen LogP contribution is -2.37. The fourth-order valence-electron chi connectivity index (χ4n) is 2.38. The number of aromatic amines is 1. The molecule has 0 fully saturated rings. The Kier molecular flexibility index (Phi) is 6.18. The lowest BCUT2D eigenvalue weighted by molar-refractivity contribution is -0.121. The van der Waals surface area contributed by atoms with Crippen molar-refractivity contribution in [2.45, 2.75) is 13.0 Å². The molecule has 0 saturated heterocycles. The van der Waals surface area contributed by atoms with Gasteiger partial charge in [0.1, 0.15) is 0 Å². The van der Waals surface area contributed by atoms with Crippen molar-refractivity contribution in [2.75, 3.05) is 34.5 Å². The number of ether oxygens (including phenoxy) is 3. The zero-order valence-electron chi connectivity index (χ0n) is 14.4. The lowest BCUT2D eigenvalue weighted by atomic mass is 10.2. The highest BCUT2D eigenvalue weighted by molar-refractivity contribution is 5.81. The molecule has 136 valence electrons. The number of rotatable bonds is 8.